The van der Waals surface area contributed by atoms with Gasteiger partial charge in [0.05, 0.1) is 11.4 Å². The first-order chi connectivity index (χ1) is 13.1. The zero-order chi connectivity index (χ0) is 19.1. The van der Waals surface area contributed by atoms with Crippen LogP contribution in [0.3, 0.4) is 0 Å². The van der Waals surface area contributed by atoms with E-state index in [0.717, 1.165) is 31.4 Å². The maximum Gasteiger partial charge on any atom is 0.243 e. The molecule has 0 bridgehead atoms. The summed E-state index contributed by atoms with van der Waals surface area (Å²) in [6.45, 7) is 2.55. The Morgan fingerprint density at radius 3 is 2.36 bits per heavy atom. The molecule has 9 heteroatoms. The lowest BCUT2D eigenvalue weighted by Gasteiger charge is -2.25. The first-order valence-electron chi connectivity index (χ1n) is 9.15. The van der Waals surface area contributed by atoms with Crippen molar-refractivity contribution in [3.8, 4) is 0 Å². The molecule has 1 aromatic carbocycles. The molecule has 1 saturated heterocycles. The van der Waals surface area contributed by atoms with Crippen molar-refractivity contribution >= 4 is 51.3 Å². The van der Waals surface area contributed by atoms with Crippen LogP contribution in [0.1, 0.15) is 29.7 Å². The molecule has 0 radical (unpaired) electrons. The zero-order valence-corrected chi connectivity index (χ0v) is 19.9. The summed E-state index contributed by atoms with van der Waals surface area (Å²) in [5.74, 6) is 0.716. The van der Waals surface area contributed by atoms with Crippen molar-refractivity contribution in [1.29, 1.82) is 0 Å². The molecular formula is C19H27IN4O2S2. The summed E-state index contributed by atoms with van der Waals surface area (Å²) in [5.41, 5.74) is 1.01. The second-order valence-corrected chi connectivity index (χ2v) is 9.44. The van der Waals surface area contributed by atoms with E-state index in [4.69, 9.17) is 0 Å². The molecule has 1 aliphatic rings. The van der Waals surface area contributed by atoms with E-state index < -0.39 is 10.0 Å². The average molecular weight is 534 g/mol. The number of guanidine groups is 1. The molecule has 0 amide bonds. The number of aliphatic imine (C=N–C) groups is 1. The monoisotopic (exact) mass is 534 g/mol. The van der Waals surface area contributed by atoms with Crippen molar-refractivity contribution in [2.24, 2.45) is 4.99 Å². The third-order valence-corrected chi connectivity index (χ3v) is 7.36. The summed E-state index contributed by atoms with van der Waals surface area (Å²) >= 11 is 1.70. The first kappa shape index (κ1) is 23.1. The summed E-state index contributed by atoms with van der Waals surface area (Å²) in [6, 6.07) is 11.2. The van der Waals surface area contributed by atoms with Gasteiger partial charge in [-0.15, -0.1) is 35.3 Å². The number of hydrogen-bond acceptors (Lipinski definition) is 4. The second-order valence-electron chi connectivity index (χ2n) is 6.47. The fraction of sp³-hybridized carbons (Fsp3) is 0.421. The van der Waals surface area contributed by atoms with Crippen LogP contribution in [0.2, 0.25) is 0 Å². The Bertz CT molecular complexity index is 847. The lowest BCUT2D eigenvalue weighted by atomic mass is 10.2. The maximum atomic E-state index is 12.7. The Hall–Kier alpha value is -1.17. The van der Waals surface area contributed by atoms with Crippen molar-refractivity contribution in [2.75, 3.05) is 20.1 Å². The molecule has 1 fully saturated rings. The number of hydrogen-bond donors (Lipinski definition) is 2. The number of thiophene rings is 1. The van der Waals surface area contributed by atoms with Crippen LogP contribution in [-0.4, -0.2) is 38.8 Å². The minimum Gasteiger partial charge on any atom is -0.352 e. The van der Waals surface area contributed by atoms with E-state index in [1.807, 2.05) is 23.6 Å². The maximum absolute atomic E-state index is 12.7. The molecule has 0 saturated carbocycles. The number of nitrogens with one attached hydrogen (secondary N) is 2. The van der Waals surface area contributed by atoms with Crippen LogP contribution in [0.5, 0.6) is 0 Å². The molecule has 6 nitrogen and oxygen atoms in total. The van der Waals surface area contributed by atoms with Gasteiger partial charge in [-0.2, -0.15) is 4.31 Å². The number of halogens is 1. The van der Waals surface area contributed by atoms with Gasteiger partial charge in [-0.05, 0) is 42.0 Å². The molecule has 0 aliphatic carbocycles. The van der Waals surface area contributed by atoms with Gasteiger partial charge in [0.15, 0.2) is 5.96 Å². The van der Waals surface area contributed by atoms with Crippen molar-refractivity contribution in [1.82, 2.24) is 14.9 Å². The van der Waals surface area contributed by atoms with Crippen LogP contribution in [0.15, 0.2) is 51.7 Å². The summed E-state index contributed by atoms with van der Waals surface area (Å²) in [7, 11) is -1.64. The highest BCUT2D eigenvalue weighted by Gasteiger charge is 2.25. The van der Waals surface area contributed by atoms with Gasteiger partial charge in [0, 0.05) is 31.6 Å². The van der Waals surface area contributed by atoms with Gasteiger partial charge < -0.3 is 10.6 Å². The Labute approximate surface area is 188 Å². The predicted molar refractivity (Wildman–Crippen MR) is 126 cm³/mol. The van der Waals surface area contributed by atoms with E-state index in [2.05, 4.69) is 21.7 Å². The summed E-state index contributed by atoms with van der Waals surface area (Å²) in [4.78, 5) is 5.83. The van der Waals surface area contributed by atoms with Gasteiger partial charge in [-0.3, -0.25) is 4.99 Å². The standard InChI is InChI=1S/C19H26N4O2S2.HI/c1-20-19(22-15-17-6-5-13-26-17)21-14-16-7-9-18(10-8-16)27(24,25)23-11-3-2-4-12-23;/h5-10,13H,2-4,11-12,14-15H2,1H3,(H2,20,21,22);1H. The molecule has 3 rings (SSSR count). The highest BCUT2D eigenvalue weighted by atomic mass is 127. The third-order valence-electron chi connectivity index (χ3n) is 4.57. The fourth-order valence-corrected chi connectivity index (χ4v) is 5.19. The molecule has 2 N–H and O–H groups in total. The first-order valence-corrected chi connectivity index (χ1v) is 11.5. The molecule has 1 aromatic heterocycles. The van der Waals surface area contributed by atoms with E-state index in [0.29, 0.717) is 30.5 Å². The van der Waals surface area contributed by atoms with Crippen molar-refractivity contribution < 1.29 is 8.42 Å². The Morgan fingerprint density at radius 1 is 1.07 bits per heavy atom. The SMILES string of the molecule is CN=C(NCc1ccc(S(=O)(=O)N2CCCCC2)cc1)NCc1cccs1.I. The van der Waals surface area contributed by atoms with Gasteiger partial charge in [0.1, 0.15) is 0 Å². The number of piperidine rings is 1. The van der Waals surface area contributed by atoms with Crippen molar-refractivity contribution in [2.45, 2.75) is 37.2 Å². The predicted octanol–water partition coefficient (Wildman–Crippen LogP) is 3.41. The summed E-state index contributed by atoms with van der Waals surface area (Å²) in [5, 5.41) is 8.57. The van der Waals surface area contributed by atoms with Crippen LogP contribution < -0.4 is 10.6 Å². The van der Waals surface area contributed by atoms with Crippen LogP contribution in [0, 0.1) is 0 Å². The zero-order valence-electron chi connectivity index (χ0n) is 15.9. The van der Waals surface area contributed by atoms with Gasteiger partial charge in [-0.1, -0.05) is 24.6 Å². The average Bonchev–Trinajstić information content (AvgIpc) is 3.23. The Morgan fingerprint density at radius 2 is 1.75 bits per heavy atom. The lowest BCUT2D eigenvalue weighted by Crippen LogP contribution is -2.36. The quantitative estimate of drug-likeness (QED) is 0.339. The topological polar surface area (TPSA) is 73.8 Å². The number of nitrogens with zero attached hydrogens (tertiary/aromatic N) is 2. The van der Waals surface area contributed by atoms with Crippen molar-refractivity contribution in [3.63, 3.8) is 0 Å². The van der Waals surface area contributed by atoms with Crippen LogP contribution >= 0.6 is 35.3 Å². The van der Waals surface area contributed by atoms with E-state index in [1.165, 1.54) is 4.88 Å². The van der Waals surface area contributed by atoms with Gasteiger partial charge in [0.25, 0.3) is 0 Å². The second kappa shape index (κ2) is 11.1. The number of benzene rings is 1. The smallest absolute Gasteiger partial charge is 0.243 e. The molecule has 2 aromatic rings. The molecule has 28 heavy (non-hydrogen) atoms. The van der Waals surface area contributed by atoms with Gasteiger partial charge in [-0.25, -0.2) is 8.42 Å². The van der Waals surface area contributed by atoms with E-state index in [1.54, 1.807) is 34.8 Å². The van der Waals surface area contributed by atoms with E-state index in [-0.39, 0.29) is 24.0 Å². The van der Waals surface area contributed by atoms with E-state index >= 15 is 0 Å². The molecule has 154 valence electrons. The summed E-state index contributed by atoms with van der Waals surface area (Å²) < 4.78 is 27.0. The number of rotatable bonds is 6. The lowest BCUT2D eigenvalue weighted by molar-refractivity contribution is 0.346. The van der Waals surface area contributed by atoms with Crippen LogP contribution in [0.25, 0.3) is 0 Å². The molecule has 2 heterocycles. The molecular weight excluding hydrogens is 507 g/mol. The Balaban J connectivity index is 0.00000280. The van der Waals surface area contributed by atoms with Crippen LogP contribution in [-0.2, 0) is 23.1 Å². The minimum atomic E-state index is -3.37. The molecule has 0 unspecified atom stereocenters. The van der Waals surface area contributed by atoms with Crippen molar-refractivity contribution in [3.05, 3.63) is 52.2 Å². The Kier molecular flexibility index (Phi) is 9.19. The third kappa shape index (κ3) is 6.16. The molecule has 0 atom stereocenters. The normalized spacial score (nSPS) is 15.7. The van der Waals surface area contributed by atoms with E-state index in [9.17, 15) is 8.42 Å². The summed E-state index contributed by atoms with van der Waals surface area (Å²) in [6.07, 6.45) is 3.00. The highest BCUT2D eigenvalue weighted by molar-refractivity contribution is 14.0. The number of sulfonamides is 1. The minimum absolute atomic E-state index is 0. The fourth-order valence-electron chi connectivity index (χ4n) is 3.02. The van der Waals surface area contributed by atoms with Gasteiger partial charge in [0.2, 0.25) is 10.0 Å². The van der Waals surface area contributed by atoms with Crippen LogP contribution in [0.4, 0.5) is 0 Å². The molecule has 1 aliphatic heterocycles. The van der Waals surface area contributed by atoms with Gasteiger partial charge >= 0.3 is 0 Å². The largest absolute Gasteiger partial charge is 0.352 e. The molecule has 0 spiro atoms. The highest BCUT2D eigenvalue weighted by Crippen LogP contribution is 2.20.